The van der Waals surface area contributed by atoms with Gasteiger partial charge in [0.25, 0.3) is 11.8 Å². The second kappa shape index (κ2) is 14.0. The number of aromatic amines is 1. The van der Waals surface area contributed by atoms with Crippen molar-refractivity contribution in [1.29, 1.82) is 0 Å². The smallest absolute Gasteiger partial charge is 0.254 e. The molecule has 2 N–H and O–H groups in total. The highest BCUT2D eigenvalue weighted by atomic mass is 16.5. The molecule has 0 saturated carbocycles. The maximum absolute atomic E-state index is 13.5. The van der Waals surface area contributed by atoms with Crippen molar-refractivity contribution in [3.8, 4) is 28.6 Å². The normalized spacial score (nSPS) is 18.7. The second-order valence-corrected chi connectivity index (χ2v) is 12.3. The average molecular weight is 639 g/mol. The summed E-state index contributed by atoms with van der Waals surface area (Å²) in [6.45, 7) is 5.35. The van der Waals surface area contributed by atoms with E-state index in [2.05, 4.69) is 20.5 Å². The molecule has 3 heterocycles. The largest absolute Gasteiger partial charge is 0.493 e. The molecule has 0 spiro atoms. The number of ether oxygens (including phenoxy) is 3. The van der Waals surface area contributed by atoms with E-state index < -0.39 is 6.10 Å². The Hall–Kier alpha value is -5.23. The van der Waals surface area contributed by atoms with E-state index in [9.17, 15) is 14.4 Å². The summed E-state index contributed by atoms with van der Waals surface area (Å²) in [5.41, 5.74) is 2.56. The van der Waals surface area contributed by atoms with Crippen molar-refractivity contribution in [3.63, 3.8) is 0 Å². The molecule has 3 aromatic carbocycles. The second-order valence-electron chi connectivity index (χ2n) is 12.3. The van der Waals surface area contributed by atoms with Crippen LogP contribution in [0.4, 0.5) is 0 Å². The summed E-state index contributed by atoms with van der Waals surface area (Å²) >= 11 is 0. The van der Waals surface area contributed by atoms with Gasteiger partial charge in [-0.1, -0.05) is 38.1 Å². The van der Waals surface area contributed by atoms with Gasteiger partial charge in [-0.05, 0) is 54.3 Å². The number of amides is 3. The molecular formula is C35H38N6O6. The van der Waals surface area contributed by atoms with Gasteiger partial charge < -0.3 is 29.3 Å². The molecule has 0 aliphatic carbocycles. The predicted molar refractivity (Wildman–Crippen MR) is 173 cm³/mol. The molecule has 0 radical (unpaired) electrons. The summed E-state index contributed by atoms with van der Waals surface area (Å²) in [7, 11) is 1.58. The summed E-state index contributed by atoms with van der Waals surface area (Å²) in [6, 6.07) is 19.4. The lowest BCUT2D eigenvalue weighted by atomic mass is 10.00. The molecule has 4 bridgehead atoms. The van der Waals surface area contributed by atoms with Crippen LogP contribution in [-0.2, 0) is 16.1 Å². The molecule has 2 aliphatic rings. The van der Waals surface area contributed by atoms with Gasteiger partial charge in [-0.25, -0.2) is 4.98 Å². The van der Waals surface area contributed by atoms with Gasteiger partial charge in [0, 0.05) is 42.9 Å². The molecule has 2 atom stereocenters. The van der Waals surface area contributed by atoms with Gasteiger partial charge in [0.1, 0.15) is 23.6 Å². The third-order valence-electron chi connectivity index (χ3n) is 8.05. The number of piperidine rings is 1. The minimum atomic E-state index is -0.489. The number of nitrogens with one attached hydrogen (secondary N) is 2. The Kier molecular flexibility index (Phi) is 9.48. The lowest BCUT2D eigenvalue weighted by Gasteiger charge is -2.39. The van der Waals surface area contributed by atoms with Gasteiger partial charge >= 0.3 is 0 Å². The van der Waals surface area contributed by atoms with E-state index in [0.717, 1.165) is 11.1 Å². The van der Waals surface area contributed by atoms with Crippen LogP contribution in [0.5, 0.6) is 17.2 Å². The number of rotatable bonds is 5. The molecule has 0 unspecified atom stereocenters. The predicted octanol–water partition coefficient (Wildman–Crippen LogP) is 4.30. The molecule has 1 fully saturated rings. The van der Waals surface area contributed by atoms with Crippen molar-refractivity contribution in [2.45, 2.75) is 39.0 Å². The van der Waals surface area contributed by atoms with Crippen LogP contribution >= 0.6 is 0 Å². The number of carbonyl (C=O) groups excluding carboxylic acids is 3. The monoisotopic (exact) mass is 638 g/mol. The van der Waals surface area contributed by atoms with Crippen LogP contribution in [0.1, 0.15) is 46.5 Å². The van der Waals surface area contributed by atoms with Crippen molar-refractivity contribution in [3.05, 3.63) is 89.7 Å². The third kappa shape index (κ3) is 7.78. The Labute approximate surface area is 273 Å². The molecule has 6 rings (SSSR count). The molecule has 1 saturated heterocycles. The topological polar surface area (TPSA) is 139 Å². The summed E-state index contributed by atoms with van der Waals surface area (Å²) in [5.74, 6) is 1.64. The number of hydrogen-bond donors (Lipinski definition) is 2. The SMILES string of the molecule is CC(C)COc1cc2cc(c1)C(=O)N(C)CC(=O)N[C@H]1CCN(C(=O)c3ccc(-c4ncn[nH]4)cc3)C[C@@H]1OCc1cccc(c1)O2. The van der Waals surface area contributed by atoms with Crippen LogP contribution in [0, 0.1) is 5.92 Å². The van der Waals surface area contributed by atoms with E-state index in [1.807, 2.05) is 50.2 Å². The first-order valence-electron chi connectivity index (χ1n) is 15.7. The fourth-order valence-electron chi connectivity index (χ4n) is 5.63. The Morgan fingerprint density at radius 3 is 2.64 bits per heavy atom. The van der Waals surface area contributed by atoms with E-state index >= 15 is 0 Å². The zero-order valence-corrected chi connectivity index (χ0v) is 26.6. The highest BCUT2D eigenvalue weighted by molar-refractivity contribution is 5.97. The number of benzene rings is 3. The number of carbonyl (C=O) groups is 3. The molecule has 244 valence electrons. The van der Waals surface area contributed by atoms with Gasteiger partial charge in [-0.3, -0.25) is 19.5 Å². The Bertz CT molecular complexity index is 1720. The highest BCUT2D eigenvalue weighted by Gasteiger charge is 2.34. The number of H-pyrrole nitrogens is 1. The van der Waals surface area contributed by atoms with Gasteiger partial charge in [0.05, 0.1) is 31.9 Å². The molecular weight excluding hydrogens is 600 g/mol. The molecule has 4 aromatic rings. The van der Waals surface area contributed by atoms with Gasteiger partial charge in [0.2, 0.25) is 5.91 Å². The van der Waals surface area contributed by atoms with Crippen molar-refractivity contribution >= 4 is 17.7 Å². The van der Waals surface area contributed by atoms with Crippen LogP contribution in [0.2, 0.25) is 0 Å². The molecule has 47 heavy (non-hydrogen) atoms. The number of nitrogens with zero attached hydrogens (tertiary/aromatic N) is 4. The van der Waals surface area contributed by atoms with Crippen LogP contribution in [0.3, 0.4) is 0 Å². The Morgan fingerprint density at radius 1 is 1.04 bits per heavy atom. The Morgan fingerprint density at radius 2 is 1.87 bits per heavy atom. The van der Waals surface area contributed by atoms with Crippen LogP contribution < -0.4 is 14.8 Å². The number of hydrogen-bond acceptors (Lipinski definition) is 8. The van der Waals surface area contributed by atoms with Crippen LogP contribution in [-0.4, -0.2) is 88.1 Å². The lowest BCUT2D eigenvalue weighted by Crippen LogP contribution is -2.57. The molecule has 12 heteroatoms. The highest BCUT2D eigenvalue weighted by Crippen LogP contribution is 2.30. The van der Waals surface area contributed by atoms with Gasteiger partial charge in [-0.2, -0.15) is 5.10 Å². The third-order valence-corrected chi connectivity index (χ3v) is 8.05. The number of likely N-dealkylation sites (tertiary alicyclic amines) is 1. The summed E-state index contributed by atoms with van der Waals surface area (Å²) in [5, 5.41) is 9.77. The zero-order chi connectivity index (χ0) is 32.9. The molecule has 1 aromatic heterocycles. The minimum absolute atomic E-state index is 0.131. The van der Waals surface area contributed by atoms with Crippen molar-refractivity contribution in [2.75, 3.05) is 33.3 Å². The Balaban J connectivity index is 1.23. The number of fused-ring (bicyclic) bond motifs is 5. The quantitative estimate of drug-likeness (QED) is 0.330. The van der Waals surface area contributed by atoms with E-state index in [-0.39, 0.29) is 43.5 Å². The first-order valence-corrected chi connectivity index (χ1v) is 15.7. The van der Waals surface area contributed by atoms with E-state index in [1.165, 1.54) is 11.2 Å². The fourth-order valence-corrected chi connectivity index (χ4v) is 5.63. The summed E-state index contributed by atoms with van der Waals surface area (Å²) in [6.07, 6.45) is 1.43. The molecule has 2 aliphatic heterocycles. The van der Waals surface area contributed by atoms with Crippen LogP contribution in [0.25, 0.3) is 11.4 Å². The van der Waals surface area contributed by atoms with Crippen LogP contribution in [0.15, 0.2) is 73.1 Å². The van der Waals surface area contributed by atoms with Crippen molar-refractivity contribution in [1.82, 2.24) is 30.3 Å². The van der Waals surface area contributed by atoms with E-state index in [4.69, 9.17) is 14.2 Å². The summed E-state index contributed by atoms with van der Waals surface area (Å²) in [4.78, 5) is 47.6. The number of aromatic nitrogens is 3. The molecule has 3 amide bonds. The fraction of sp³-hybridized carbons (Fsp3) is 0.343. The summed E-state index contributed by atoms with van der Waals surface area (Å²) < 4.78 is 18.5. The van der Waals surface area contributed by atoms with E-state index in [0.29, 0.717) is 59.7 Å². The zero-order valence-electron chi connectivity index (χ0n) is 26.6. The van der Waals surface area contributed by atoms with Gasteiger partial charge in [-0.15, -0.1) is 0 Å². The maximum Gasteiger partial charge on any atom is 0.254 e. The van der Waals surface area contributed by atoms with E-state index in [1.54, 1.807) is 42.3 Å². The maximum atomic E-state index is 13.5. The van der Waals surface area contributed by atoms with Gasteiger partial charge in [0.15, 0.2) is 5.82 Å². The minimum Gasteiger partial charge on any atom is -0.493 e. The number of likely N-dealkylation sites (N-methyl/N-ethyl adjacent to an activating group) is 1. The lowest BCUT2D eigenvalue weighted by molar-refractivity contribution is -0.124. The van der Waals surface area contributed by atoms with Crippen molar-refractivity contribution in [2.24, 2.45) is 5.92 Å². The first kappa shape index (κ1) is 31.7. The first-order chi connectivity index (χ1) is 22.7. The van der Waals surface area contributed by atoms with Crippen molar-refractivity contribution < 1.29 is 28.6 Å². The standard InChI is InChI=1S/C35H38N6O6/c1-22(2)19-45-28-14-26-15-29(16-28)47-27-6-4-5-23(13-27)20-46-31-17-41(12-11-30(31)38-32(42)18-40(3)34(26)43)35(44)25-9-7-24(8-10-25)33-36-21-37-39-33/h4-10,13-16,21-22,30-31H,11-12,17-20H2,1-3H3,(H,38,42)(H,36,37,39)/t30-,31-/m0/s1. The molecule has 12 nitrogen and oxygen atoms in total. The average Bonchev–Trinajstić information content (AvgIpc) is 3.61.